The molecule has 0 fully saturated rings. The molecule has 0 aliphatic carbocycles. The van der Waals surface area contributed by atoms with Crippen LogP contribution in [0, 0.1) is 0 Å². The third kappa shape index (κ3) is 4.76. The summed E-state index contributed by atoms with van der Waals surface area (Å²) in [5, 5.41) is 18.1. The highest BCUT2D eigenvalue weighted by Crippen LogP contribution is 2.22. The van der Waals surface area contributed by atoms with Crippen LogP contribution in [0.5, 0.6) is 0 Å². The Morgan fingerprint density at radius 3 is 2.54 bits per heavy atom. The zero-order chi connectivity index (χ0) is 19.9. The standard InChI is InChI=1S/C20H26N6OS/c1-4-26(5-2)18(16-10-11-28-13-16)12-21-20(27)23-17-8-6-15(7-9-17)19-24-22-14-25(19)3/h6-11,13-14,18H,4-5,12H2,1-3H3,(H2,21,23,27)/t18-/m1/s1. The van der Waals surface area contributed by atoms with E-state index in [4.69, 9.17) is 0 Å². The summed E-state index contributed by atoms with van der Waals surface area (Å²) in [6.45, 7) is 6.71. The fraction of sp³-hybridized carbons (Fsp3) is 0.350. The second-order valence-corrected chi connectivity index (χ2v) is 7.25. The number of carbonyl (C=O) groups is 1. The Balaban J connectivity index is 1.59. The molecule has 0 spiro atoms. The number of likely N-dealkylation sites (N-methyl/N-ethyl adjacent to an activating group) is 1. The van der Waals surface area contributed by atoms with Gasteiger partial charge in [-0.15, -0.1) is 10.2 Å². The number of thiophene rings is 1. The number of hydrogen-bond acceptors (Lipinski definition) is 5. The molecule has 0 aliphatic rings. The first-order valence-electron chi connectivity index (χ1n) is 9.37. The number of amides is 2. The normalized spacial score (nSPS) is 12.1. The largest absolute Gasteiger partial charge is 0.336 e. The number of benzene rings is 1. The minimum Gasteiger partial charge on any atom is -0.336 e. The number of carbonyl (C=O) groups excluding carboxylic acids is 1. The van der Waals surface area contributed by atoms with E-state index in [-0.39, 0.29) is 12.1 Å². The maximum absolute atomic E-state index is 12.4. The molecule has 1 atom stereocenters. The number of rotatable bonds is 8. The lowest BCUT2D eigenvalue weighted by Crippen LogP contribution is -2.39. The van der Waals surface area contributed by atoms with Crippen LogP contribution in [0.1, 0.15) is 25.5 Å². The summed E-state index contributed by atoms with van der Waals surface area (Å²) in [6, 6.07) is 9.66. The summed E-state index contributed by atoms with van der Waals surface area (Å²) in [7, 11) is 1.90. The van der Waals surface area contributed by atoms with E-state index in [0.29, 0.717) is 6.54 Å². The van der Waals surface area contributed by atoms with Gasteiger partial charge in [0.1, 0.15) is 6.33 Å². The molecule has 3 aromatic rings. The van der Waals surface area contributed by atoms with Crippen molar-refractivity contribution in [3.8, 4) is 11.4 Å². The molecule has 0 saturated carbocycles. The van der Waals surface area contributed by atoms with Crippen LogP contribution < -0.4 is 10.6 Å². The van der Waals surface area contributed by atoms with E-state index in [0.717, 1.165) is 30.2 Å². The molecule has 8 heteroatoms. The topological polar surface area (TPSA) is 75.1 Å². The molecular formula is C20H26N6OS. The second kappa shape index (κ2) is 9.48. The third-order valence-corrected chi connectivity index (χ3v) is 5.45. The van der Waals surface area contributed by atoms with Crippen molar-refractivity contribution in [3.63, 3.8) is 0 Å². The predicted molar refractivity (Wildman–Crippen MR) is 113 cm³/mol. The molecule has 2 aromatic heterocycles. The van der Waals surface area contributed by atoms with E-state index in [1.807, 2.05) is 35.9 Å². The second-order valence-electron chi connectivity index (χ2n) is 6.47. The maximum Gasteiger partial charge on any atom is 0.319 e. The highest BCUT2D eigenvalue weighted by Gasteiger charge is 2.19. The molecule has 7 nitrogen and oxygen atoms in total. The van der Waals surface area contributed by atoms with Crippen molar-refractivity contribution in [1.82, 2.24) is 25.0 Å². The van der Waals surface area contributed by atoms with Gasteiger partial charge >= 0.3 is 6.03 Å². The third-order valence-electron chi connectivity index (χ3n) is 4.75. The molecule has 0 aliphatic heterocycles. The first-order valence-corrected chi connectivity index (χ1v) is 10.3. The number of aromatic nitrogens is 3. The van der Waals surface area contributed by atoms with Gasteiger partial charge in [-0.25, -0.2) is 4.79 Å². The molecular weight excluding hydrogens is 372 g/mol. The van der Waals surface area contributed by atoms with Gasteiger partial charge in [-0.05, 0) is 59.7 Å². The maximum atomic E-state index is 12.4. The number of hydrogen-bond donors (Lipinski definition) is 2. The van der Waals surface area contributed by atoms with Gasteiger partial charge in [0.25, 0.3) is 0 Å². The summed E-state index contributed by atoms with van der Waals surface area (Å²) in [6.07, 6.45) is 1.66. The van der Waals surface area contributed by atoms with Crippen molar-refractivity contribution in [3.05, 3.63) is 53.0 Å². The van der Waals surface area contributed by atoms with E-state index in [9.17, 15) is 4.79 Å². The number of aryl methyl sites for hydroxylation is 1. The van der Waals surface area contributed by atoms with Crippen molar-refractivity contribution in [2.45, 2.75) is 19.9 Å². The van der Waals surface area contributed by atoms with Gasteiger partial charge in [0, 0.05) is 24.8 Å². The smallest absolute Gasteiger partial charge is 0.319 e. The highest BCUT2D eigenvalue weighted by molar-refractivity contribution is 7.07. The molecule has 2 heterocycles. The van der Waals surface area contributed by atoms with E-state index < -0.39 is 0 Å². The molecule has 3 rings (SSSR count). The van der Waals surface area contributed by atoms with Crippen LogP contribution in [0.15, 0.2) is 47.4 Å². The van der Waals surface area contributed by atoms with Crippen molar-refractivity contribution >= 4 is 23.1 Å². The Bertz CT molecular complexity index is 871. The van der Waals surface area contributed by atoms with E-state index in [1.54, 1.807) is 17.7 Å². The van der Waals surface area contributed by atoms with Crippen molar-refractivity contribution < 1.29 is 4.79 Å². The molecule has 0 unspecified atom stereocenters. The van der Waals surface area contributed by atoms with Gasteiger partial charge in [0.05, 0.1) is 6.04 Å². The summed E-state index contributed by atoms with van der Waals surface area (Å²) >= 11 is 1.68. The van der Waals surface area contributed by atoms with E-state index in [2.05, 4.69) is 56.4 Å². The molecule has 148 valence electrons. The lowest BCUT2D eigenvalue weighted by atomic mass is 10.1. The summed E-state index contributed by atoms with van der Waals surface area (Å²) in [5.74, 6) is 0.786. The summed E-state index contributed by atoms with van der Waals surface area (Å²) < 4.78 is 1.85. The highest BCUT2D eigenvalue weighted by atomic mass is 32.1. The Hall–Kier alpha value is -2.71. The fourth-order valence-corrected chi connectivity index (χ4v) is 3.91. The van der Waals surface area contributed by atoms with Gasteiger partial charge in [0.15, 0.2) is 5.82 Å². The Morgan fingerprint density at radius 1 is 1.21 bits per heavy atom. The van der Waals surface area contributed by atoms with Crippen LogP contribution in [0.4, 0.5) is 10.5 Å². The van der Waals surface area contributed by atoms with Gasteiger partial charge < -0.3 is 15.2 Å². The molecule has 0 bridgehead atoms. The zero-order valence-electron chi connectivity index (χ0n) is 16.4. The van der Waals surface area contributed by atoms with Crippen molar-refractivity contribution in [2.24, 2.45) is 7.05 Å². The number of anilines is 1. The van der Waals surface area contributed by atoms with Gasteiger partial charge in [-0.3, -0.25) is 4.90 Å². The van der Waals surface area contributed by atoms with Crippen molar-refractivity contribution in [1.29, 1.82) is 0 Å². The van der Waals surface area contributed by atoms with Gasteiger partial charge in [-0.2, -0.15) is 11.3 Å². The SMILES string of the molecule is CCN(CC)[C@H](CNC(=O)Nc1ccc(-c2nncn2C)cc1)c1ccsc1. The zero-order valence-corrected chi connectivity index (χ0v) is 17.2. The molecule has 28 heavy (non-hydrogen) atoms. The Kier molecular flexibility index (Phi) is 6.78. The molecule has 2 N–H and O–H groups in total. The number of nitrogens with zero attached hydrogens (tertiary/aromatic N) is 4. The lowest BCUT2D eigenvalue weighted by molar-refractivity contribution is 0.210. The minimum atomic E-state index is -0.209. The van der Waals surface area contributed by atoms with Crippen LogP contribution in [0.2, 0.25) is 0 Å². The Labute approximate surface area is 169 Å². The lowest BCUT2D eigenvalue weighted by Gasteiger charge is -2.29. The predicted octanol–water partition coefficient (Wildman–Crippen LogP) is 3.75. The van der Waals surface area contributed by atoms with Crippen LogP contribution in [0.3, 0.4) is 0 Å². The summed E-state index contributed by atoms with van der Waals surface area (Å²) in [4.78, 5) is 14.7. The Morgan fingerprint density at radius 2 is 1.96 bits per heavy atom. The van der Waals surface area contributed by atoms with E-state index >= 15 is 0 Å². The molecule has 2 amide bonds. The first-order chi connectivity index (χ1) is 13.6. The quantitative estimate of drug-likeness (QED) is 0.606. The first kappa shape index (κ1) is 20.0. The van der Waals surface area contributed by atoms with Gasteiger partial charge in [0.2, 0.25) is 0 Å². The fourth-order valence-electron chi connectivity index (χ4n) is 3.20. The monoisotopic (exact) mass is 398 g/mol. The molecule has 0 saturated heterocycles. The number of urea groups is 1. The van der Waals surface area contributed by atoms with Gasteiger partial charge in [-0.1, -0.05) is 13.8 Å². The minimum absolute atomic E-state index is 0.172. The van der Waals surface area contributed by atoms with Crippen LogP contribution in [0.25, 0.3) is 11.4 Å². The average molecular weight is 399 g/mol. The average Bonchev–Trinajstić information content (AvgIpc) is 3.38. The summed E-state index contributed by atoms with van der Waals surface area (Å²) in [5.41, 5.74) is 2.92. The number of nitrogens with one attached hydrogen (secondary N) is 2. The van der Waals surface area contributed by atoms with Crippen LogP contribution in [-0.4, -0.2) is 45.3 Å². The van der Waals surface area contributed by atoms with Crippen molar-refractivity contribution in [2.75, 3.05) is 25.0 Å². The van der Waals surface area contributed by atoms with Crippen LogP contribution >= 0.6 is 11.3 Å². The molecule has 1 aromatic carbocycles. The van der Waals surface area contributed by atoms with E-state index in [1.165, 1.54) is 5.56 Å². The molecule has 0 radical (unpaired) electrons. The van der Waals surface area contributed by atoms with Crippen LogP contribution in [-0.2, 0) is 7.05 Å².